The molecule has 6 nitrogen and oxygen atoms in total. The molecule has 2 aromatic carbocycles. The van der Waals surface area contributed by atoms with Crippen molar-refractivity contribution in [3.8, 4) is 11.5 Å². The van der Waals surface area contributed by atoms with E-state index in [9.17, 15) is 9.59 Å². The number of nitrogens with two attached hydrogens (primary N) is 1. The van der Waals surface area contributed by atoms with Crippen molar-refractivity contribution in [1.29, 1.82) is 0 Å². The lowest BCUT2D eigenvalue weighted by atomic mass is 10.2. The zero-order valence-corrected chi connectivity index (χ0v) is 15.1. The number of primary amides is 1. The molecule has 130 valence electrons. The minimum atomic E-state index is -0.569. The molecule has 0 heterocycles. The van der Waals surface area contributed by atoms with Gasteiger partial charge in [-0.05, 0) is 36.4 Å². The van der Waals surface area contributed by atoms with Gasteiger partial charge in [-0.25, -0.2) is 0 Å². The molecule has 0 radical (unpaired) electrons. The van der Waals surface area contributed by atoms with Gasteiger partial charge in [-0.2, -0.15) is 0 Å². The molecule has 25 heavy (non-hydrogen) atoms. The predicted molar refractivity (Wildman–Crippen MR) is 99.5 cm³/mol. The summed E-state index contributed by atoms with van der Waals surface area (Å²) < 4.78 is 11.3. The molecule has 3 N–H and O–H groups in total. The second kappa shape index (κ2) is 8.89. The molecule has 0 aliphatic carbocycles. The van der Waals surface area contributed by atoms with Crippen LogP contribution >= 0.6 is 15.9 Å². The molecule has 0 aromatic heterocycles. The molecule has 0 atom stereocenters. The van der Waals surface area contributed by atoms with Crippen LogP contribution in [0, 0.1) is 0 Å². The molecule has 7 heteroatoms. The maximum atomic E-state index is 12.1. The number of hydrogen-bond donors (Lipinski definition) is 2. The van der Waals surface area contributed by atoms with E-state index in [1.807, 2.05) is 12.1 Å². The fourth-order valence-corrected chi connectivity index (χ4v) is 2.38. The summed E-state index contributed by atoms with van der Waals surface area (Å²) in [5.41, 5.74) is 6.34. The highest BCUT2D eigenvalue weighted by Gasteiger charge is 2.04. The van der Waals surface area contributed by atoms with E-state index < -0.39 is 5.91 Å². The Balaban J connectivity index is 2.04. The number of anilines is 1. The minimum Gasteiger partial charge on any atom is -0.496 e. The SMILES string of the molecule is COc1ccc(Br)cc1/C=C/C(=O)Nc1cccc(OCC(N)=O)c1. The topological polar surface area (TPSA) is 90.7 Å². The van der Waals surface area contributed by atoms with Gasteiger partial charge in [0.25, 0.3) is 5.91 Å². The highest BCUT2D eigenvalue weighted by Crippen LogP contribution is 2.24. The Kier molecular flexibility index (Phi) is 6.59. The van der Waals surface area contributed by atoms with Gasteiger partial charge in [-0.1, -0.05) is 22.0 Å². The Hall–Kier alpha value is -2.80. The van der Waals surface area contributed by atoms with E-state index in [4.69, 9.17) is 15.2 Å². The molecule has 0 saturated carbocycles. The number of halogens is 1. The van der Waals surface area contributed by atoms with Crippen LogP contribution in [0.3, 0.4) is 0 Å². The van der Waals surface area contributed by atoms with Gasteiger partial charge >= 0.3 is 0 Å². The number of amides is 2. The van der Waals surface area contributed by atoms with Gasteiger partial charge in [0.15, 0.2) is 6.61 Å². The van der Waals surface area contributed by atoms with Gasteiger partial charge in [0.2, 0.25) is 5.91 Å². The Bertz CT molecular complexity index is 805. The number of hydrogen-bond acceptors (Lipinski definition) is 4. The molecule has 0 bridgehead atoms. The first-order valence-corrected chi connectivity index (χ1v) is 8.11. The summed E-state index contributed by atoms with van der Waals surface area (Å²) in [7, 11) is 1.57. The average Bonchev–Trinajstić information content (AvgIpc) is 2.58. The molecule has 0 unspecified atom stereocenters. The van der Waals surface area contributed by atoms with Crippen molar-refractivity contribution in [3.05, 3.63) is 58.6 Å². The Morgan fingerprint density at radius 3 is 2.76 bits per heavy atom. The first-order valence-electron chi connectivity index (χ1n) is 7.31. The van der Waals surface area contributed by atoms with Gasteiger partial charge in [0.1, 0.15) is 11.5 Å². The molecule has 0 aliphatic heterocycles. The second-order valence-electron chi connectivity index (χ2n) is 4.99. The van der Waals surface area contributed by atoms with Crippen molar-refractivity contribution in [2.75, 3.05) is 19.0 Å². The number of carbonyl (C=O) groups is 2. The number of carbonyl (C=O) groups excluding carboxylic acids is 2. The zero-order chi connectivity index (χ0) is 18.2. The number of nitrogens with one attached hydrogen (secondary N) is 1. The van der Waals surface area contributed by atoms with E-state index in [1.165, 1.54) is 6.08 Å². The van der Waals surface area contributed by atoms with Gasteiger partial charge in [-0.3, -0.25) is 9.59 Å². The van der Waals surface area contributed by atoms with Crippen molar-refractivity contribution >= 4 is 39.5 Å². The van der Waals surface area contributed by atoms with Gasteiger partial charge in [-0.15, -0.1) is 0 Å². The molecule has 2 amide bonds. The van der Waals surface area contributed by atoms with Crippen molar-refractivity contribution < 1.29 is 19.1 Å². The van der Waals surface area contributed by atoms with Crippen molar-refractivity contribution in [2.45, 2.75) is 0 Å². The molecule has 0 saturated heterocycles. The van der Waals surface area contributed by atoms with Gasteiger partial charge < -0.3 is 20.5 Å². The normalized spacial score (nSPS) is 10.5. The van der Waals surface area contributed by atoms with E-state index in [1.54, 1.807) is 43.5 Å². The summed E-state index contributed by atoms with van der Waals surface area (Å²) in [4.78, 5) is 22.8. The van der Waals surface area contributed by atoms with E-state index in [0.29, 0.717) is 17.2 Å². The van der Waals surface area contributed by atoms with Crippen LogP contribution in [0.2, 0.25) is 0 Å². The maximum Gasteiger partial charge on any atom is 0.255 e. The highest BCUT2D eigenvalue weighted by molar-refractivity contribution is 9.10. The molecule has 0 fully saturated rings. The molecule has 0 spiro atoms. The third-order valence-electron chi connectivity index (χ3n) is 3.09. The Morgan fingerprint density at radius 2 is 2.04 bits per heavy atom. The maximum absolute atomic E-state index is 12.1. The summed E-state index contributed by atoms with van der Waals surface area (Å²) in [6.07, 6.45) is 3.06. The van der Waals surface area contributed by atoms with E-state index >= 15 is 0 Å². The van der Waals surface area contributed by atoms with E-state index in [0.717, 1.165) is 10.0 Å². The zero-order valence-electron chi connectivity index (χ0n) is 13.5. The number of ether oxygens (including phenoxy) is 2. The van der Waals surface area contributed by atoms with Crippen molar-refractivity contribution in [1.82, 2.24) is 0 Å². The molecular formula is C18H17BrN2O4. The van der Waals surface area contributed by atoms with Crippen molar-refractivity contribution in [3.63, 3.8) is 0 Å². The van der Waals surface area contributed by atoms with E-state index in [-0.39, 0.29) is 12.5 Å². The van der Waals surface area contributed by atoms with Crippen LogP contribution in [-0.2, 0) is 9.59 Å². The van der Waals surface area contributed by atoms with E-state index in [2.05, 4.69) is 21.2 Å². The van der Waals surface area contributed by atoms with Crippen LogP contribution in [0.4, 0.5) is 5.69 Å². The van der Waals surface area contributed by atoms with Gasteiger partial charge in [0, 0.05) is 27.9 Å². The highest BCUT2D eigenvalue weighted by atomic mass is 79.9. The smallest absolute Gasteiger partial charge is 0.255 e. The van der Waals surface area contributed by atoms with Crippen LogP contribution in [0.5, 0.6) is 11.5 Å². The molecule has 2 rings (SSSR count). The number of rotatable bonds is 7. The first-order chi connectivity index (χ1) is 12.0. The predicted octanol–water partition coefficient (Wildman–Crippen LogP) is 2.97. The monoisotopic (exact) mass is 404 g/mol. The second-order valence-corrected chi connectivity index (χ2v) is 5.91. The lowest BCUT2D eigenvalue weighted by Crippen LogP contribution is -2.20. The lowest BCUT2D eigenvalue weighted by molar-refractivity contribution is -0.120. The largest absolute Gasteiger partial charge is 0.496 e. The fourth-order valence-electron chi connectivity index (χ4n) is 2.00. The standard InChI is InChI=1S/C18H17BrN2O4/c1-24-16-7-6-13(19)9-12(16)5-8-18(23)21-14-3-2-4-15(10-14)25-11-17(20)22/h2-10H,11H2,1H3,(H2,20,22)(H,21,23)/b8-5+. The quantitative estimate of drug-likeness (QED) is 0.693. The molecule has 2 aromatic rings. The molecular weight excluding hydrogens is 388 g/mol. The van der Waals surface area contributed by atoms with Crippen LogP contribution in [-0.4, -0.2) is 25.5 Å². The van der Waals surface area contributed by atoms with Crippen LogP contribution in [0.15, 0.2) is 53.0 Å². The number of methoxy groups -OCH3 is 1. The summed E-state index contributed by atoms with van der Waals surface area (Å²) in [5.74, 6) is 0.220. The number of benzene rings is 2. The summed E-state index contributed by atoms with van der Waals surface area (Å²) in [6, 6.07) is 12.2. The Labute approximate surface area is 153 Å². The van der Waals surface area contributed by atoms with Crippen molar-refractivity contribution in [2.24, 2.45) is 5.73 Å². The third-order valence-corrected chi connectivity index (χ3v) is 3.58. The fraction of sp³-hybridized carbons (Fsp3) is 0.111. The van der Waals surface area contributed by atoms with Crippen LogP contribution in [0.1, 0.15) is 5.56 Å². The van der Waals surface area contributed by atoms with Gasteiger partial charge in [0.05, 0.1) is 7.11 Å². The summed E-state index contributed by atoms with van der Waals surface area (Å²) in [6.45, 7) is -0.222. The van der Waals surface area contributed by atoms with Crippen LogP contribution < -0.4 is 20.5 Å². The summed E-state index contributed by atoms with van der Waals surface area (Å²) >= 11 is 3.38. The summed E-state index contributed by atoms with van der Waals surface area (Å²) in [5, 5.41) is 2.72. The Morgan fingerprint density at radius 1 is 1.24 bits per heavy atom. The third kappa shape index (κ3) is 5.96. The molecule has 0 aliphatic rings. The minimum absolute atomic E-state index is 0.222. The average molecular weight is 405 g/mol. The lowest BCUT2D eigenvalue weighted by Gasteiger charge is -2.07. The van der Waals surface area contributed by atoms with Crippen LogP contribution in [0.25, 0.3) is 6.08 Å². The first kappa shape index (κ1) is 18.5.